The Hall–Kier alpha value is -5.06. The van der Waals surface area contributed by atoms with Gasteiger partial charge in [0.05, 0.1) is 11.6 Å². The van der Waals surface area contributed by atoms with Crippen LogP contribution >= 0.6 is 23.1 Å². The van der Waals surface area contributed by atoms with Crippen LogP contribution in [0.1, 0.15) is 22.7 Å². The molecular weight excluding hydrogens is 598 g/mol. The predicted octanol–water partition coefficient (Wildman–Crippen LogP) is 7.94. The van der Waals surface area contributed by atoms with Gasteiger partial charge in [-0.2, -0.15) is 0 Å². The van der Waals surface area contributed by atoms with Gasteiger partial charge in [-0.15, -0.1) is 10.2 Å². The molecule has 218 valence electrons. The van der Waals surface area contributed by atoms with Gasteiger partial charge in [-0.3, -0.25) is 14.5 Å². The maximum absolute atomic E-state index is 14.2. The van der Waals surface area contributed by atoms with Crippen molar-refractivity contribution >= 4 is 46.0 Å². The van der Waals surface area contributed by atoms with Crippen molar-refractivity contribution in [3.8, 4) is 11.5 Å². The molecule has 0 spiro atoms. The molecule has 0 radical (unpaired) electrons. The second-order valence-electron chi connectivity index (χ2n) is 9.67. The molecule has 1 aliphatic heterocycles. The number of para-hydroxylation sites is 1. The number of thioether (sulfide) groups is 1. The quantitative estimate of drug-likeness (QED) is 0.0961. The number of ether oxygens (including phenoxy) is 1. The first-order chi connectivity index (χ1) is 21.5. The van der Waals surface area contributed by atoms with Crippen LogP contribution in [-0.4, -0.2) is 27.0 Å². The number of aromatic nitrogens is 2. The molecule has 0 saturated heterocycles. The van der Waals surface area contributed by atoms with E-state index in [-0.39, 0.29) is 16.5 Å². The molecular formula is C34H24FN3O4S2. The number of nitrogens with zero attached hydrogens (tertiary/aromatic N) is 3. The number of carbonyl (C=O) groups is 2. The summed E-state index contributed by atoms with van der Waals surface area (Å²) in [7, 11) is 0. The van der Waals surface area contributed by atoms with Crippen LogP contribution in [0.3, 0.4) is 0 Å². The molecule has 4 aromatic carbocycles. The average Bonchev–Trinajstić information content (AvgIpc) is 3.62. The second-order valence-corrected chi connectivity index (χ2v) is 11.8. The van der Waals surface area contributed by atoms with Gasteiger partial charge in [-0.05, 0) is 53.1 Å². The normalized spacial score (nSPS) is 14.9. The van der Waals surface area contributed by atoms with Gasteiger partial charge < -0.3 is 9.84 Å². The van der Waals surface area contributed by atoms with Crippen molar-refractivity contribution in [3.63, 3.8) is 0 Å². The van der Waals surface area contributed by atoms with Gasteiger partial charge in [0.25, 0.3) is 5.91 Å². The van der Waals surface area contributed by atoms with Crippen molar-refractivity contribution in [2.75, 3.05) is 4.90 Å². The first-order valence-corrected chi connectivity index (χ1v) is 15.3. The van der Waals surface area contributed by atoms with Crippen LogP contribution in [0.5, 0.6) is 11.5 Å². The van der Waals surface area contributed by atoms with Gasteiger partial charge in [0.1, 0.15) is 17.3 Å². The smallest absolute Gasteiger partial charge is 0.296 e. The molecule has 1 aromatic heterocycles. The maximum atomic E-state index is 14.2. The average molecular weight is 622 g/mol. The van der Waals surface area contributed by atoms with Gasteiger partial charge in [-0.25, -0.2) is 4.39 Å². The summed E-state index contributed by atoms with van der Waals surface area (Å²) in [6.45, 7) is 0. The van der Waals surface area contributed by atoms with Crippen LogP contribution < -0.4 is 9.64 Å². The fourth-order valence-corrected chi connectivity index (χ4v) is 6.54. The third kappa shape index (κ3) is 6.31. The highest BCUT2D eigenvalue weighted by atomic mass is 32.2. The molecule has 5 aromatic rings. The highest BCUT2D eigenvalue weighted by Crippen LogP contribution is 2.44. The van der Waals surface area contributed by atoms with E-state index in [2.05, 4.69) is 10.2 Å². The summed E-state index contributed by atoms with van der Waals surface area (Å²) in [5.74, 6) is -0.874. The molecule has 1 atom stereocenters. The molecule has 6 rings (SSSR count). The van der Waals surface area contributed by atoms with Gasteiger partial charge in [0.15, 0.2) is 15.9 Å². The Bertz CT molecular complexity index is 1880. The van der Waals surface area contributed by atoms with Crippen LogP contribution in [0.2, 0.25) is 0 Å². The molecule has 1 amide bonds. The lowest BCUT2D eigenvalue weighted by Gasteiger charge is -2.24. The van der Waals surface area contributed by atoms with Crippen LogP contribution in [0.25, 0.3) is 6.08 Å². The second kappa shape index (κ2) is 13.1. The molecule has 0 aliphatic carbocycles. The topological polar surface area (TPSA) is 92.6 Å². The molecule has 10 heteroatoms. The van der Waals surface area contributed by atoms with E-state index >= 15 is 0 Å². The van der Waals surface area contributed by atoms with E-state index < -0.39 is 23.5 Å². The minimum absolute atomic E-state index is 0.0881. The first kappa shape index (κ1) is 29.0. The van der Waals surface area contributed by atoms with E-state index in [1.807, 2.05) is 60.7 Å². The lowest BCUT2D eigenvalue weighted by Crippen LogP contribution is -2.30. The Morgan fingerprint density at radius 1 is 0.932 bits per heavy atom. The van der Waals surface area contributed by atoms with E-state index in [0.29, 0.717) is 32.7 Å². The molecule has 0 bridgehead atoms. The number of aliphatic hydroxyl groups is 1. The Labute approximate surface area is 261 Å². The molecule has 44 heavy (non-hydrogen) atoms. The van der Waals surface area contributed by atoms with Gasteiger partial charge in [0, 0.05) is 5.75 Å². The van der Waals surface area contributed by atoms with Crippen molar-refractivity contribution in [2.45, 2.75) is 16.1 Å². The Balaban J connectivity index is 1.34. The highest BCUT2D eigenvalue weighted by Gasteiger charge is 2.45. The molecule has 1 N–H and O–H groups in total. The number of hydrogen-bond donors (Lipinski definition) is 1. The maximum Gasteiger partial charge on any atom is 0.296 e. The zero-order valence-electron chi connectivity index (χ0n) is 23.0. The van der Waals surface area contributed by atoms with E-state index in [1.165, 1.54) is 28.8 Å². The van der Waals surface area contributed by atoms with Crippen molar-refractivity contribution in [1.29, 1.82) is 0 Å². The van der Waals surface area contributed by atoms with E-state index in [0.717, 1.165) is 16.9 Å². The number of amides is 1. The fraction of sp³-hybridized carbons (Fsp3) is 0.0588. The summed E-state index contributed by atoms with van der Waals surface area (Å²) in [5, 5.41) is 19.7. The molecule has 0 fully saturated rings. The summed E-state index contributed by atoms with van der Waals surface area (Å²) in [6, 6.07) is 30.9. The molecule has 1 aliphatic rings. The summed E-state index contributed by atoms with van der Waals surface area (Å²) in [5.41, 5.74) is 1.74. The van der Waals surface area contributed by atoms with Crippen LogP contribution in [0.15, 0.2) is 131 Å². The van der Waals surface area contributed by atoms with Crippen molar-refractivity contribution in [2.24, 2.45) is 0 Å². The van der Waals surface area contributed by atoms with E-state index in [9.17, 15) is 19.1 Å². The summed E-state index contributed by atoms with van der Waals surface area (Å²) >= 11 is 2.39. The minimum atomic E-state index is -1.01. The monoisotopic (exact) mass is 621 g/mol. The van der Waals surface area contributed by atoms with Crippen LogP contribution in [-0.2, 0) is 15.3 Å². The van der Waals surface area contributed by atoms with Crippen LogP contribution in [0, 0.1) is 5.82 Å². The lowest BCUT2D eigenvalue weighted by molar-refractivity contribution is -0.117. The Kier molecular flexibility index (Phi) is 8.62. The van der Waals surface area contributed by atoms with Crippen molar-refractivity contribution in [1.82, 2.24) is 10.2 Å². The fourth-order valence-electron chi connectivity index (χ4n) is 4.68. The van der Waals surface area contributed by atoms with Gasteiger partial charge in [-0.1, -0.05) is 108 Å². The zero-order valence-corrected chi connectivity index (χ0v) is 24.7. The number of carbonyl (C=O) groups excluding carboxylic acids is 2. The molecule has 1 unspecified atom stereocenters. The van der Waals surface area contributed by atoms with E-state index in [4.69, 9.17) is 4.74 Å². The Morgan fingerprint density at radius 3 is 2.41 bits per heavy atom. The number of ketones is 1. The van der Waals surface area contributed by atoms with Crippen LogP contribution in [0.4, 0.5) is 9.52 Å². The molecule has 2 heterocycles. The van der Waals surface area contributed by atoms with Gasteiger partial charge >= 0.3 is 0 Å². The summed E-state index contributed by atoms with van der Waals surface area (Å²) in [4.78, 5) is 28.5. The number of allylic oxidation sites excluding steroid dienone is 1. The number of anilines is 1. The Morgan fingerprint density at radius 2 is 1.64 bits per heavy atom. The highest BCUT2D eigenvalue weighted by molar-refractivity contribution is 8.00. The summed E-state index contributed by atoms with van der Waals surface area (Å²) < 4.78 is 20.7. The molecule has 0 saturated carbocycles. The van der Waals surface area contributed by atoms with Crippen molar-refractivity contribution in [3.05, 3.63) is 149 Å². The third-order valence-corrected chi connectivity index (χ3v) is 8.87. The summed E-state index contributed by atoms with van der Waals surface area (Å²) in [6.07, 6.45) is 2.97. The number of halogens is 1. The number of hydrogen-bond acceptors (Lipinski definition) is 8. The predicted molar refractivity (Wildman–Crippen MR) is 169 cm³/mol. The van der Waals surface area contributed by atoms with Gasteiger partial charge in [0.2, 0.25) is 5.13 Å². The third-order valence-electron chi connectivity index (χ3n) is 6.76. The number of rotatable bonds is 10. The first-order valence-electron chi connectivity index (χ1n) is 13.5. The van der Waals surface area contributed by atoms with E-state index in [1.54, 1.807) is 48.5 Å². The minimum Gasteiger partial charge on any atom is -0.503 e. The lowest BCUT2D eigenvalue weighted by atomic mass is 9.95. The number of aliphatic hydroxyl groups excluding tert-OH is 1. The zero-order chi connectivity index (χ0) is 30.5. The number of benzene rings is 4. The standard InChI is InChI=1S/C34H24FN3O4S2/c35-27-17-8-7-12-24(27)21-43-34-37-36-33(44-34)38-30(23-13-9-16-26(20-23)42-25-14-5-2-6-15-25)29(31(40)32(38)41)28(39)19-18-22-10-3-1-4-11-22/h1-20,30,40H,21H2/b19-18+. The largest absolute Gasteiger partial charge is 0.503 e. The molecule has 7 nitrogen and oxygen atoms in total. The SMILES string of the molecule is O=C(/C=C/c1ccccc1)C1=C(O)C(=O)N(c2nnc(SCc3ccccc3F)s2)C1c1cccc(Oc2ccccc2)c1. The van der Waals surface area contributed by atoms with Crippen molar-refractivity contribution < 1.29 is 23.8 Å².